The zero-order valence-corrected chi connectivity index (χ0v) is 22.9. The van der Waals surface area contributed by atoms with Crippen molar-refractivity contribution in [2.24, 2.45) is 5.92 Å². The maximum atomic E-state index is 14.7. The average Bonchev–Trinajstić information content (AvgIpc) is 3.49. The second kappa shape index (κ2) is 9.55. The van der Waals surface area contributed by atoms with Crippen LogP contribution >= 0.6 is 0 Å². The van der Waals surface area contributed by atoms with Crippen molar-refractivity contribution in [2.75, 3.05) is 10.2 Å². The van der Waals surface area contributed by atoms with Crippen LogP contribution in [-0.2, 0) is 10.2 Å². The number of hydrogen-bond donors (Lipinski definition) is 1. The van der Waals surface area contributed by atoms with Crippen LogP contribution in [-0.4, -0.2) is 34.5 Å². The van der Waals surface area contributed by atoms with E-state index in [9.17, 15) is 28.9 Å². The highest BCUT2D eigenvalue weighted by atomic mass is 19.1. The van der Waals surface area contributed by atoms with E-state index in [1.165, 1.54) is 48.5 Å². The van der Waals surface area contributed by atoms with Gasteiger partial charge in [-0.15, -0.1) is 0 Å². The predicted octanol–water partition coefficient (Wildman–Crippen LogP) is 5.98. The van der Waals surface area contributed by atoms with E-state index in [2.05, 4.69) is 5.32 Å². The van der Waals surface area contributed by atoms with Gasteiger partial charge in [-0.2, -0.15) is 0 Å². The highest BCUT2D eigenvalue weighted by Gasteiger charge is 2.70. The van der Waals surface area contributed by atoms with Crippen molar-refractivity contribution in [1.29, 1.82) is 0 Å². The molecule has 1 saturated heterocycles. The van der Waals surface area contributed by atoms with Crippen molar-refractivity contribution in [2.45, 2.75) is 24.4 Å². The van der Waals surface area contributed by atoms with E-state index in [0.717, 1.165) is 11.1 Å². The highest BCUT2D eigenvalue weighted by Crippen LogP contribution is 2.58. The maximum absolute atomic E-state index is 14.7. The van der Waals surface area contributed by atoms with Gasteiger partial charge in [0, 0.05) is 40.2 Å². The summed E-state index contributed by atoms with van der Waals surface area (Å²) in [6.45, 7) is 1.94. The Kier molecular flexibility index (Phi) is 5.88. The first kappa shape index (κ1) is 26.5. The van der Waals surface area contributed by atoms with Gasteiger partial charge in [-0.3, -0.25) is 24.5 Å². The lowest BCUT2D eigenvalue weighted by Crippen LogP contribution is -2.51. The number of halogens is 1. The van der Waals surface area contributed by atoms with Gasteiger partial charge in [-0.25, -0.2) is 4.39 Å². The van der Waals surface area contributed by atoms with Crippen LogP contribution in [0.4, 0.5) is 21.5 Å². The van der Waals surface area contributed by atoms with Crippen molar-refractivity contribution >= 4 is 40.1 Å². The highest BCUT2D eigenvalue weighted by molar-refractivity contribution is 6.18. The summed E-state index contributed by atoms with van der Waals surface area (Å²) in [4.78, 5) is 56.4. The lowest BCUT2D eigenvalue weighted by Gasteiger charge is -2.39. The number of hydrogen-bond acceptors (Lipinski definition) is 6. The molecule has 8 nitrogen and oxygen atoms in total. The molecule has 1 amide bonds. The number of para-hydroxylation sites is 2. The fourth-order valence-corrected chi connectivity index (χ4v) is 7.10. The van der Waals surface area contributed by atoms with E-state index >= 15 is 0 Å². The number of allylic oxidation sites excluding steroid dienone is 1. The number of nitrogens with zero attached hydrogens (tertiary/aromatic N) is 2. The molecule has 0 bridgehead atoms. The quantitative estimate of drug-likeness (QED) is 0.179. The fourth-order valence-electron chi connectivity index (χ4n) is 7.10. The molecule has 4 aromatic rings. The molecule has 3 aliphatic heterocycles. The normalized spacial score (nSPS) is 23.2. The van der Waals surface area contributed by atoms with Gasteiger partial charge in [0.1, 0.15) is 17.3 Å². The van der Waals surface area contributed by atoms with Gasteiger partial charge in [-0.1, -0.05) is 42.5 Å². The van der Waals surface area contributed by atoms with Crippen LogP contribution in [0.5, 0.6) is 0 Å². The van der Waals surface area contributed by atoms with E-state index in [0.29, 0.717) is 16.9 Å². The third kappa shape index (κ3) is 3.71. The molecule has 0 aromatic heterocycles. The SMILES string of the molecule is CC1=C[C@H]2N(c3ccccc31)[C@@H](C(=O)c1ccc([N+](=O)[O-])cc1)[C@@H](C(=O)c1ccc(F)cc1)[C@]21C(=O)Nc2ccccc21. The average molecular weight is 574 g/mol. The molecule has 3 heterocycles. The number of non-ortho nitro benzene ring substituents is 1. The van der Waals surface area contributed by atoms with Crippen molar-refractivity contribution in [3.8, 4) is 0 Å². The van der Waals surface area contributed by atoms with Crippen LogP contribution in [0.2, 0.25) is 0 Å². The van der Waals surface area contributed by atoms with Crippen LogP contribution in [0.3, 0.4) is 0 Å². The number of benzene rings is 4. The summed E-state index contributed by atoms with van der Waals surface area (Å²) >= 11 is 0. The molecule has 7 rings (SSSR count). The lowest BCUT2D eigenvalue weighted by atomic mass is 9.64. The van der Waals surface area contributed by atoms with E-state index in [1.807, 2.05) is 42.2 Å². The number of amides is 1. The first-order valence-corrected chi connectivity index (χ1v) is 13.8. The van der Waals surface area contributed by atoms with E-state index in [1.54, 1.807) is 24.3 Å². The Morgan fingerprint density at radius 1 is 0.884 bits per heavy atom. The summed E-state index contributed by atoms with van der Waals surface area (Å²) in [5.41, 5.74) is 2.23. The first-order chi connectivity index (χ1) is 20.7. The van der Waals surface area contributed by atoms with Crippen LogP contribution < -0.4 is 10.2 Å². The summed E-state index contributed by atoms with van der Waals surface area (Å²) in [5, 5.41) is 14.3. The molecular weight excluding hydrogens is 549 g/mol. The Bertz CT molecular complexity index is 1880. The second-order valence-electron chi connectivity index (χ2n) is 11.0. The number of rotatable bonds is 5. The number of carbonyl (C=O) groups is 3. The molecule has 1 N–H and O–H groups in total. The van der Waals surface area contributed by atoms with Gasteiger partial charge < -0.3 is 10.2 Å². The molecule has 1 spiro atoms. The van der Waals surface area contributed by atoms with Gasteiger partial charge in [-0.05, 0) is 66.6 Å². The minimum absolute atomic E-state index is 0.165. The molecule has 1 fully saturated rings. The Balaban J connectivity index is 1.53. The molecule has 212 valence electrons. The number of nitrogens with one attached hydrogen (secondary N) is 1. The zero-order valence-electron chi connectivity index (χ0n) is 22.9. The second-order valence-corrected chi connectivity index (χ2v) is 11.0. The van der Waals surface area contributed by atoms with Crippen LogP contribution in [0, 0.1) is 21.8 Å². The molecule has 0 aliphatic carbocycles. The van der Waals surface area contributed by atoms with Gasteiger partial charge >= 0.3 is 0 Å². The third-order valence-electron chi connectivity index (χ3n) is 8.93. The zero-order chi connectivity index (χ0) is 30.0. The van der Waals surface area contributed by atoms with Crippen LogP contribution in [0.15, 0.2) is 103 Å². The standard InChI is InChI=1S/C34H24FN3O5/c1-19-18-28-34(25-7-3-4-8-26(25)36-33(34)41)29(31(39)20-10-14-22(35)15-11-20)30(37(28)27-9-5-2-6-24(19)27)32(40)21-12-16-23(17-13-21)38(42)43/h2-18,28-30H,1H3,(H,36,41)/t28-,29+,30-,34-/m1/s1. The van der Waals surface area contributed by atoms with E-state index in [-0.39, 0.29) is 16.8 Å². The largest absolute Gasteiger partial charge is 0.352 e. The summed E-state index contributed by atoms with van der Waals surface area (Å²) in [6, 6.07) is 23.1. The monoisotopic (exact) mass is 573 g/mol. The summed E-state index contributed by atoms with van der Waals surface area (Å²) < 4.78 is 14.0. The molecule has 0 radical (unpaired) electrons. The number of nitro groups is 1. The Morgan fingerprint density at radius 2 is 1.51 bits per heavy atom. The third-order valence-corrected chi connectivity index (χ3v) is 8.93. The number of Topliss-reactive ketones (excluding diaryl/α,β-unsaturated/α-hetero) is 2. The Labute approximate surface area is 245 Å². The van der Waals surface area contributed by atoms with Gasteiger partial charge in [0.2, 0.25) is 5.91 Å². The number of ketones is 2. The molecule has 3 aliphatic rings. The van der Waals surface area contributed by atoms with Crippen LogP contribution in [0.25, 0.3) is 5.57 Å². The molecular formula is C34H24FN3O5. The van der Waals surface area contributed by atoms with Crippen molar-refractivity contribution in [3.63, 3.8) is 0 Å². The minimum atomic E-state index is -1.52. The number of carbonyl (C=O) groups excluding carboxylic acids is 3. The first-order valence-electron chi connectivity index (χ1n) is 13.8. The van der Waals surface area contributed by atoms with E-state index < -0.39 is 51.6 Å². The summed E-state index contributed by atoms with van der Waals surface area (Å²) in [5.74, 6) is -3.11. The Hall–Kier alpha value is -5.44. The minimum Gasteiger partial charge on any atom is -0.352 e. The molecule has 0 unspecified atom stereocenters. The number of fused-ring (bicyclic) bond motifs is 6. The maximum Gasteiger partial charge on any atom is 0.269 e. The number of nitro benzene ring substituents is 1. The van der Waals surface area contributed by atoms with E-state index in [4.69, 9.17) is 0 Å². The predicted molar refractivity (Wildman–Crippen MR) is 159 cm³/mol. The van der Waals surface area contributed by atoms with Crippen molar-refractivity contribution in [1.82, 2.24) is 0 Å². The van der Waals surface area contributed by atoms with Crippen LogP contribution in [0.1, 0.15) is 38.8 Å². The smallest absolute Gasteiger partial charge is 0.269 e. The molecule has 9 heteroatoms. The summed E-state index contributed by atoms with van der Waals surface area (Å²) in [7, 11) is 0. The number of anilines is 2. The molecule has 4 atom stereocenters. The van der Waals surface area contributed by atoms with Crippen molar-refractivity contribution < 1.29 is 23.7 Å². The molecule has 4 aromatic carbocycles. The van der Waals surface area contributed by atoms with Gasteiger partial charge in [0.25, 0.3) is 5.69 Å². The van der Waals surface area contributed by atoms with Crippen molar-refractivity contribution in [3.05, 3.63) is 141 Å². The van der Waals surface area contributed by atoms with Gasteiger partial charge in [0.05, 0.1) is 16.9 Å². The topological polar surface area (TPSA) is 110 Å². The van der Waals surface area contributed by atoms with Gasteiger partial charge in [0.15, 0.2) is 11.6 Å². The molecule has 0 saturated carbocycles. The lowest BCUT2D eigenvalue weighted by molar-refractivity contribution is -0.384. The fraction of sp³-hybridized carbons (Fsp3) is 0.147. The summed E-state index contributed by atoms with van der Waals surface area (Å²) in [6.07, 6.45) is 1.94. The molecule has 43 heavy (non-hydrogen) atoms. The Morgan fingerprint density at radius 3 is 2.23 bits per heavy atom.